The second-order valence-electron chi connectivity index (χ2n) is 5.65. The average molecular weight is 260 g/mol. The molecule has 1 amide bonds. The Morgan fingerprint density at radius 3 is 2.68 bits per heavy atom. The molecular weight excluding hydrogens is 236 g/mol. The summed E-state index contributed by atoms with van der Waals surface area (Å²) in [6, 6.07) is 8.57. The van der Waals surface area contributed by atoms with Crippen molar-refractivity contribution in [1.29, 1.82) is 0 Å². The van der Waals surface area contributed by atoms with Crippen molar-refractivity contribution in [3.05, 3.63) is 35.4 Å². The van der Waals surface area contributed by atoms with Crippen LogP contribution in [0.15, 0.2) is 24.3 Å². The van der Waals surface area contributed by atoms with Gasteiger partial charge in [0.2, 0.25) is 5.91 Å². The van der Waals surface area contributed by atoms with E-state index in [9.17, 15) is 4.79 Å². The highest BCUT2D eigenvalue weighted by Crippen LogP contribution is 2.22. The van der Waals surface area contributed by atoms with Crippen molar-refractivity contribution in [3.63, 3.8) is 0 Å². The van der Waals surface area contributed by atoms with E-state index in [4.69, 9.17) is 0 Å². The summed E-state index contributed by atoms with van der Waals surface area (Å²) < 4.78 is 0. The third-order valence-electron chi connectivity index (χ3n) is 4.16. The van der Waals surface area contributed by atoms with Crippen LogP contribution in [-0.2, 0) is 4.79 Å². The fourth-order valence-corrected chi connectivity index (χ4v) is 2.56. The van der Waals surface area contributed by atoms with Gasteiger partial charge in [-0.25, -0.2) is 0 Å². The SMILES string of the molecule is Cc1ccc(C(C)N(C)C(=O)CC2CCNC2)cc1. The Balaban J connectivity index is 1.95. The summed E-state index contributed by atoms with van der Waals surface area (Å²) >= 11 is 0. The van der Waals surface area contributed by atoms with Gasteiger partial charge in [-0.05, 0) is 44.8 Å². The van der Waals surface area contributed by atoms with Gasteiger partial charge in [-0.1, -0.05) is 29.8 Å². The van der Waals surface area contributed by atoms with Crippen molar-refractivity contribution in [2.75, 3.05) is 20.1 Å². The minimum absolute atomic E-state index is 0.141. The second-order valence-corrected chi connectivity index (χ2v) is 5.65. The van der Waals surface area contributed by atoms with Crippen molar-refractivity contribution in [2.24, 2.45) is 5.92 Å². The molecule has 0 spiro atoms. The van der Waals surface area contributed by atoms with Crippen molar-refractivity contribution in [3.8, 4) is 0 Å². The van der Waals surface area contributed by atoms with Gasteiger partial charge in [-0.15, -0.1) is 0 Å². The van der Waals surface area contributed by atoms with Crippen LogP contribution in [0.25, 0.3) is 0 Å². The standard InChI is InChI=1S/C16H24N2O/c1-12-4-6-15(7-5-12)13(2)18(3)16(19)10-14-8-9-17-11-14/h4-7,13-14,17H,8-11H2,1-3H3. The number of hydrogen-bond donors (Lipinski definition) is 1. The Kier molecular flexibility index (Phi) is 4.59. The number of rotatable bonds is 4. The van der Waals surface area contributed by atoms with Crippen LogP contribution < -0.4 is 5.32 Å². The summed E-state index contributed by atoms with van der Waals surface area (Å²) in [6.45, 7) is 6.21. The van der Waals surface area contributed by atoms with E-state index >= 15 is 0 Å². The molecule has 1 aromatic rings. The molecule has 0 bridgehead atoms. The number of aryl methyl sites for hydroxylation is 1. The Bertz CT molecular complexity index is 421. The third kappa shape index (κ3) is 3.57. The third-order valence-corrected chi connectivity index (χ3v) is 4.16. The molecule has 1 aromatic carbocycles. The van der Waals surface area contributed by atoms with Crippen LogP contribution in [0.1, 0.15) is 36.9 Å². The summed E-state index contributed by atoms with van der Waals surface area (Å²) in [7, 11) is 1.91. The predicted molar refractivity (Wildman–Crippen MR) is 78.0 cm³/mol. The van der Waals surface area contributed by atoms with Crippen molar-refractivity contribution < 1.29 is 4.79 Å². The number of benzene rings is 1. The van der Waals surface area contributed by atoms with Gasteiger partial charge >= 0.3 is 0 Å². The highest BCUT2D eigenvalue weighted by molar-refractivity contribution is 5.76. The van der Waals surface area contributed by atoms with Gasteiger partial charge in [0.05, 0.1) is 6.04 Å². The first-order valence-corrected chi connectivity index (χ1v) is 7.11. The Labute approximate surface area is 116 Å². The topological polar surface area (TPSA) is 32.3 Å². The zero-order valence-electron chi connectivity index (χ0n) is 12.1. The summed E-state index contributed by atoms with van der Waals surface area (Å²) in [4.78, 5) is 14.2. The quantitative estimate of drug-likeness (QED) is 0.902. The summed E-state index contributed by atoms with van der Waals surface area (Å²) in [5.74, 6) is 0.766. The number of hydrogen-bond acceptors (Lipinski definition) is 2. The van der Waals surface area contributed by atoms with Gasteiger partial charge in [0.15, 0.2) is 0 Å². The van der Waals surface area contributed by atoms with E-state index in [1.54, 1.807) is 0 Å². The molecule has 1 heterocycles. The first-order valence-electron chi connectivity index (χ1n) is 7.11. The minimum Gasteiger partial charge on any atom is -0.339 e. The van der Waals surface area contributed by atoms with Crippen molar-refractivity contribution >= 4 is 5.91 Å². The Morgan fingerprint density at radius 1 is 1.42 bits per heavy atom. The van der Waals surface area contributed by atoms with Crippen LogP contribution in [0.3, 0.4) is 0 Å². The molecule has 0 saturated carbocycles. The first-order chi connectivity index (χ1) is 9.08. The second kappa shape index (κ2) is 6.20. The Hall–Kier alpha value is -1.35. The highest BCUT2D eigenvalue weighted by atomic mass is 16.2. The van der Waals surface area contributed by atoms with E-state index < -0.39 is 0 Å². The van der Waals surface area contributed by atoms with Crippen LogP contribution >= 0.6 is 0 Å². The maximum absolute atomic E-state index is 12.3. The lowest BCUT2D eigenvalue weighted by Gasteiger charge is -2.26. The fraction of sp³-hybridized carbons (Fsp3) is 0.562. The van der Waals surface area contributed by atoms with E-state index in [0.29, 0.717) is 12.3 Å². The van der Waals surface area contributed by atoms with Crippen LogP contribution in [0.4, 0.5) is 0 Å². The first kappa shape index (κ1) is 14.1. The molecule has 104 valence electrons. The lowest BCUT2D eigenvalue weighted by atomic mass is 10.0. The minimum atomic E-state index is 0.141. The monoisotopic (exact) mass is 260 g/mol. The molecule has 1 fully saturated rings. The smallest absolute Gasteiger partial charge is 0.223 e. The van der Waals surface area contributed by atoms with Gasteiger partial charge in [0, 0.05) is 13.5 Å². The van der Waals surface area contributed by atoms with E-state index in [-0.39, 0.29) is 11.9 Å². The number of carbonyl (C=O) groups is 1. The maximum atomic E-state index is 12.3. The lowest BCUT2D eigenvalue weighted by Crippen LogP contribution is -2.31. The zero-order valence-corrected chi connectivity index (χ0v) is 12.1. The molecule has 0 aromatic heterocycles. The fourth-order valence-electron chi connectivity index (χ4n) is 2.56. The molecule has 0 aliphatic carbocycles. The number of amides is 1. The van der Waals surface area contributed by atoms with Gasteiger partial charge in [0.25, 0.3) is 0 Å². The van der Waals surface area contributed by atoms with Gasteiger partial charge in [-0.2, -0.15) is 0 Å². The normalized spacial score (nSPS) is 20.3. The van der Waals surface area contributed by atoms with Gasteiger partial charge < -0.3 is 10.2 Å². The molecule has 1 N–H and O–H groups in total. The van der Waals surface area contributed by atoms with Gasteiger partial charge in [-0.3, -0.25) is 4.79 Å². The molecule has 3 nitrogen and oxygen atoms in total. The van der Waals surface area contributed by atoms with E-state index in [1.165, 1.54) is 11.1 Å². The molecule has 2 rings (SSSR count). The van der Waals surface area contributed by atoms with Crippen LogP contribution in [0.2, 0.25) is 0 Å². The summed E-state index contributed by atoms with van der Waals surface area (Å²) in [6.07, 6.45) is 1.79. The maximum Gasteiger partial charge on any atom is 0.223 e. The van der Waals surface area contributed by atoms with E-state index in [1.807, 2.05) is 11.9 Å². The van der Waals surface area contributed by atoms with Gasteiger partial charge in [0.1, 0.15) is 0 Å². The summed E-state index contributed by atoms with van der Waals surface area (Å²) in [5, 5.41) is 3.31. The van der Waals surface area contributed by atoms with Crippen LogP contribution in [0.5, 0.6) is 0 Å². The van der Waals surface area contributed by atoms with Crippen LogP contribution in [-0.4, -0.2) is 30.9 Å². The zero-order chi connectivity index (χ0) is 13.8. The molecule has 1 saturated heterocycles. The molecule has 2 atom stereocenters. The largest absolute Gasteiger partial charge is 0.339 e. The number of nitrogens with zero attached hydrogens (tertiary/aromatic N) is 1. The summed E-state index contributed by atoms with van der Waals surface area (Å²) in [5.41, 5.74) is 2.45. The lowest BCUT2D eigenvalue weighted by molar-refractivity contribution is -0.132. The number of carbonyl (C=O) groups excluding carboxylic acids is 1. The highest BCUT2D eigenvalue weighted by Gasteiger charge is 2.23. The van der Waals surface area contributed by atoms with Crippen molar-refractivity contribution in [1.82, 2.24) is 10.2 Å². The van der Waals surface area contributed by atoms with Crippen molar-refractivity contribution in [2.45, 2.75) is 32.7 Å². The average Bonchev–Trinajstić information content (AvgIpc) is 2.90. The molecule has 1 aliphatic heterocycles. The van der Waals surface area contributed by atoms with Crippen LogP contribution in [0, 0.1) is 12.8 Å². The predicted octanol–water partition coefficient (Wildman–Crippen LogP) is 2.51. The van der Waals surface area contributed by atoms with E-state index in [2.05, 4.69) is 43.4 Å². The molecular formula is C16H24N2O. The number of nitrogens with one attached hydrogen (secondary N) is 1. The molecule has 1 aliphatic rings. The molecule has 3 heteroatoms. The Morgan fingerprint density at radius 2 is 2.11 bits per heavy atom. The molecule has 0 radical (unpaired) electrons. The molecule has 2 unspecified atom stereocenters. The van der Waals surface area contributed by atoms with E-state index in [0.717, 1.165) is 19.5 Å². The molecule has 19 heavy (non-hydrogen) atoms.